The summed E-state index contributed by atoms with van der Waals surface area (Å²) in [6, 6.07) is 23.5. The Morgan fingerprint density at radius 1 is 1.00 bits per heavy atom. The number of rotatable bonds is 8. The fraction of sp³-hybridized carbons (Fsp3) is 0.130. The highest BCUT2D eigenvalue weighted by Gasteiger charge is 2.13. The zero-order chi connectivity index (χ0) is 20.5. The van der Waals surface area contributed by atoms with Crippen LogP contribution in [0.3, 0.4) is 0 Å². The van der Waals surface area contributed by atoms with Crippen LogP contribution in [0.4, 0.5) is 0 Å². The van der Waals surface area contributed by atoms with E-state index in [9.17, 15) is 9.90 Å². The average Bonchev–Trinajstić information content (AvgIpc) is 2.75. The third kappa shape index (κ3) is 6.39. The second-order valence-electron chi connectivity index (χ2n) is 6.33. The number of nitrogens with one attached hydrogen (secondary N) is 1. The number of hydrazone groups is 1. The Labute approximate surface area is 169 Å². The first-order valence-corrected chi connectivity index (χ1v) is 9.15. The lowest BCUT2D eigenvalue weighted by Gasteiger charge is -2.13. The van der Waals surface area contributed by atoms with Crippen LogP contribution in [0.15, 0.2) is 84.0 Å². The van der Waals surface area contributed by atoms with Gasteiger partial charge in [-0.2, -0.15) is 5.10 Å². The van der Waals surface area contributed by atoms with Gasteiger partial charge in [0.2, 0.25) is 0 Å². The molecule has 2 N–H and O–H groups in total. The molecule has 0 heterocycles. The molecular formula is C23H22N2O4. The van der Waals surface area contributed by atoms with Crippen molar-refractivity contribution in [2.45, 2.75) is 19.6 Å². The minimum Gasteiger partial charge on any atom is -0.508 e. The van der Waals surface area contributed by atoms with Crippen molar-refractivity contribution in [2.75, 3.05) is 0 Å². The van der Waals surface area contributed by atoms with Gasteiger partial charge in [0, 0.05) is 0 Å². The van der Waals surface area contributed by atoms with Gasteiger partial charge in [-0.3, -0.25) is 4.79 Å². The highest BCUT2D eigenvalue weighted by Crippen LogP contribution is 2.19. The van der Waals surface area contributed by atoms with Gasteiger partial charge in [0.25, 0.3) is 5.91 Å². The van der Waals surface area contributed by atoms with E-state index in [0.717, 1.165) is 16.9 Å². The highest BCUT2D eigenvalue weighted by atomic mass is 16.5. The molecule has 0 unspecified atom stereocenters. The zero-order valence-electron chi connectivity index (χ0n) is 16.0. The molecule has 1 atom stereocenters. The van der Waals surface area contributed by atoms with E-state index in [4.69, 9.17) is 9.47 Å². The first-order chi connectivity index (χ1) is 14.1. The van der Waals surface area contributed by atoms with Gasteiger partial charge >= 0.3 is 0 Å². The summed E-state index contributed by atoms with van der Waals surface area (Å²) in [4.78, 5) is 12.1. The standard InChI is InChI=1S/C23H22N2O4/c1-17(23(27)25-24-15-18-7-9-20(26)10-8-18)29-22-13-11-21(12-14-22)28-16-19-5-3-2-4-6-19/h2-15,17,26H,16H2,1H3,(H,25,27)/b24-15-/t17-/m0/s1. The van der Waals surface area contributed by atoms with E-state index in [1.807, 2.05) is 30.3 Å². The van der Waals surface area contributed by atoms with Crippen molar-refractivity contribution in [3.8, 4) is 17.2 Å². The molecule has 0 aromatic heterocycles. The van der Waals surface area contributed by atoms with E-state index in [-0.39, 0.29) is 11.7 Å². The van der Waals surface area contributed by atoms with Crippen LogP contribution in [0.2, 0.25) is 0 Å². The maximum Gasteiger partial charge on any atom is 0.280 e. The van der Waals surface area contributed by atoms with Crippen LogP contribution in [0.25, 0.3) is 0 Å². The Hall–Kier alpha value is -3.80. The SMILES string of the molecule is C[C@H](Oc1ccc(OCc2ccccc2)cc1)C(=O)N/N=C\c1ccc(O)cc1. The molecule has 0 aliphatic heterocycles. The van der Waals surface area contributed by atoms with Gasteiger partial charge in [-0.1, -0.05) is 30.3 Å². The van der Waals surface area contributed by atoms with Crippen molar-refractivity contribution in [3.63, 3.8) is 0 Å². The summed E-state index contributed by atoms with van der Waals surface area (Å²) < 4.78 is 11.4. The molecule has 0 saturated heterocycles. The van der Waals surface area contributed by atoms with Gasteiger partial charge in [-0.05, 0) is 66.6 Å². The number of phenolic OH excluding ortho intramolecular Hbond substituents is 1. The minimum atomic E-state index is -0.719. The van der Waals surface area contributed by atoms with Crippen molar-refractivity contribution in [3.05, 3.63) is 90.0 Å². The van der Waals surface area contributed by atoms with Crippen molar-refractivity contribution in [1.29, 1.82) is 0 Å². The molecule has 29 heavy (non-hydrogen) atoms. The molecule has 6 heteroatoms. The Balaban J connectivity index is 1.46. The van der Waals surface area contributed by atoms with Crippen molar-refractivity contribution in [1.82, 2.24) is 5.43 Å². The molecule has 3 aromatic rings. The van der Waals surface area contributed by atoms with Gasteiger partial charge in [0.15, 0.2) is 6.10 Å². The Morgan fingerprint density at radius 3 is 2.34 bits per heavy atom. The molecule has 6 nitrogen and oxygen atoms in total. The topological polar surface area (TPSA) is 80.2 Å². The Bertz CT molecular complexity index is 939. The third-order valence-corrected chi connectivity index (χ3v) is 4.04. The smallest absolute Gasteiger partial charge is 0.280 e. The molecule has 1 amide bonds. The predicted octanol–water partition coefficient (Wildman–Crippen LogP) is 3.89. The zero-order valence-corrected chi connectivity index (χ0v) is 16.0. The second kappa shape index (κ2) is 9.94. The van der Waals surface area contributed by atoms with Crippen molar-refractivity contribution < 1.29 is 19.4 Å². The number of hydrogen-bond donors (Lipinski definition) is 2. The Kier molecular flexibility index (Phi) is 6.84. The summed E-state index contributed by atoms with van der Waals surface area (Å²) in [6.07, 6.45) is 0.770. The molecule has 0 aliphatic carbocycles. The normalized spacial score (nSPS) is 11.8. The fourth-order valence-corrected chi connectivity index (χ4v) is 2.43. The van der Waals surface area contributed by atoms with Gasteiger partial charge in [0.1, 0.15) is 23.9 Å². The molecule has 148 valence electrons. The third-order valence-electron chi connectivity index (χ3n) is 4.04. The minimum absolute atomic E-state index is 0.171. The quantitative estimate of drug-likeness (QED) is 0.452. The summed E-state index contributed by atoms with van der Waals surface area (Å²) in [7, 11) is 0. The molecule has 0 radical (unpaired) electrons. The number of hydrogen-bond acceptors (Lipinski definition) is 5. The molecule has 3 aromatic carbocycles. The fourth-order valence-electron chi connectivity index (χ4n) is 2.43. The summed E-state index contributed by atoms with van der Waals surface area (Å²) in [6.45, 7) is 2.13. The highest BCUT2D eigenvalue weighted by molar-refractivity contribution is 5.84. The van der Waals surface area contributed by atoms with E-state index < -0.39 is 6.10 Å². The van der Waals surface area contributed by atoms with Gasteiger partial charge in [-0.25, -0.2) is 5.43 Å². The van der Waals surface area contributed by atoms with Crippen molar-refractivity contribution in [2.24, 2.45) is 5.10 Å². The van der Waals surface area contributed by atoms with E-state index in [1.54, 1.807) is 55.5 Å². The first-order valence-electron chi connectivity index (χ1n) is 9.15. The van der Waals surface area contributed by atoms with Crippen LogP contribution in [-0.2, 0) is 11.4 Å². The first kappa shape index (κ1) is 19.9. The number of carbonyl (C=O) groups is 1. The number of ether oxygens (including phenoxy) is 2. The summed E-state index contributed by atoms with van der Waals surface area (Å²) in [5.74, 6) is 1.08. The van der Waals surface area contributed by atoms with Crippen molar-refractivity contribution >= 4 is 12.1 Å². The van der Waals surface area contributed by atoms with E-state index in [2.05, 4.69) is 10.5 Å². The van der Waals surface area contributed by atoms with Crippen LogP contribution in [0.5, 0.6) is 17.2 Å². The van der Waals surface area contributed by atoms with Crippen LogP contribution < -0.4 is 14.9 Å². The van der Waals surface area contributed by atoms with Crippen LogP contribution in [0.1, 0.15) is 18.1 Å². The molecule has 0 aliphatic rings. The lowest BCUT2D eigenvalue weighted by Crippen LogP contribution is -2.33. The molecule has 3 rings (SSSR count). The number of aromatic hydroxyl groups is 1. The summed E-state index contributed by atoms with van der Waals surface area (Å²) in [5, 5.41) is 13.1. The second-order valence-corrected chi connectivity index (χ2v) is 6.33. The number of benzene rings is 3. The van der Waals surface area contributed by atoms with Gasteiger partial charge in [0.05, 0.1) is 6.21 Å². The Morgan fingerprint density at radius 2 is 1.66 bits per heavy atom. The van der Waals surface area contributed by atoms with E-state index in [0.29, 0.717) is 12.4 Å². The predicted molar refractivity (Wildman–Crippen MR) is 111 cm³/mol. The number of phenols is 1. The molecular weight excluding hydrogens is 368 g/mol. The largest absolute Gasteiger partial charge is 0.508 e. The molecule has 0 spiro atoms. The molecule has 0 fully saturated rings. The van der Waals surface area contributed by atoms with E-state index >= 15 is 0 Å². The lowest BCUT2D eigenvalue weighted by molar-refractivity contribution is -0.127. The molecule has 0 bridgehead atoms. The number of carbonyl (C=O) groups excluding carboxylic acids is 1. The van der Waals surface area contributed by atoms with Gasteiger partial charge < -0.3 is 14.6 Å². The lowest BCUT2D eigenvalue weighted by atomic mass is 10.2. The number of amides is 1. The van der Waals surface area contributed by atoms with Crippen LogP contribution in [0, 0.1) is 0 Å². The van der Waals surface area contributed by atoms with E-state index in [1.165, 1.54) is 6.21 Å². The monoisotopic (exact) mass is 390 g/mol. The molecule has 0 saturated carbocycles. The van der Waals surface area contributed by atoms with Crippen LogP contribution >= 0.6 is 0 Å². The van der Waals surface area contributed by atoms with Gasteiger partial charge in [-0.15, -0.1) is 0 Å². The average molecular weight is 390 g/mol. The van der Waals surface area contributed by atoms with Crippen LogP contribution in [-0.4, -0.2) is 23.3 Å². The maximum atomic E-state index is 12.1. The number of nitrogens with zero attached hydrogens (tertiary/aromatic N) is 1. The summed E-state index contributed by atoms with van der Waals surface area (Å²) in [5.41, 5.74) is 4.28. The maximum absolute atomic E-state index is 12.1. The summed E-state index contributed by atoms with van der Waals surface area (Å²) >= 11 is 0.